The SMILES string of the molecule is COc1cccc(CN(C)CC2NCCCC2(C)C)c1. The Labute approximate surface area is 123 Å². The van der Waals surface area contributed by atoms with Crippen LogP contribution < -0.4 is 10.1 Å². The van der Waals surface area contributed by atoms with E-state index in [0.717, 1.165) is 25.4 Å². The topological polar surface area (TPSA) is 24.5 Å². The summed E-state index contributed by atoms with van der Waals surface area (Å²) in [6, 6.07) is 8.92. The standard InChI is InChI=1S/C17H28N2O/c1-17(2)9-6-10-18-16(17)13-19(3)12-14-7-5-8-15(11-14)20-4/h5,7-8,11,16,18H,6,9-10,12-13H2,1-4H3. The lowest BCUT2D eigenvalue weighted by atomic mass is 9.77. The maximum Gasteiger partial charge on any atom is 0.119 e. The predicted octanol–water partition coefficient (Wildman–Crippen LogP) is 2.91. The van der Waals surface area contributed by atoms with E-state index in [9.17, 15) is 0 Å². The van der Waals surface area contributed by atoms with E-state index in [2.05, 4.69) is 49.3 Å². The Morgan fingerprint density at radius 2 is 2.20 bits per heavy atom. The summed E-state index contributed by atoms with van der Waals surface area (Å²) in [5.41, 5.74) is 1.70. The molecule has 1 aliphatic heterocycles. The van der Waals surface area contributed by atoms with Crippen LogP contribution in [-0.4, -0.2) is 38.2 Å². The monoisotopic (exact) mass is 276 g/mol. The Morgan fingerprint density at radius 1 is 1.40 bits per heavy atom. The number of benzene rings is 1. The zero-order valence-corrected chi connectivity index (χ0v) is 13.3. The Morgan fingerprint density at radius 3 is 2.90 bits per heavy atom. The summed E-state index contributed by atoms with van der Waals surface area (Å²) < 4.78 is 5.29. The van der Waals surface area contributed by atoms with E-state index < -0.39 is 0 Å². The van der Waals surface area contributed by atoms with Gasteiger partial charge in [0.05, 0.1) is 7.11 Å². The minimum Gasteiger partial charge on any atom is -0.497 e. The first-order valence-corrected chi connectivity index (χ1v) is 7.56. The smallest absolute Gasteiger partial charge is 0.119 e. The second kappa shape index (κ2) is 6.59. The third-order valence-electron chi connectivity index (χ3n) is 4.41. The van der Waals surface area contributed by atoms with Gasteiger partial charge in [0.25, 0.3) is 0 Å². The molecule has 1 aromatic rings. The Bertz CT molecular complexity index is 431. The lowest BCUT2D eigenvalue weighted by Crippen LogP contribution is -2.52. The van der Waals surface area contributed by atoms with Crippen molar-refractivity contribution >= 4 is 0 Å². The van der Waals surface area contributed by atoms with Crippen molar-refractivity contribution in [3.63, 3.8) is 0 Å². The number of ether oxygens (including phenoxy) is 1. The second-order valence-corrected chi connectivity index (χ2v) is 6.65. The quantitative estimate of drug-likeness (QED) is 0.895. The van der Waals surface area contributed by atoms with Crippen molar-refractivity contribution in [3.05, 3.63) is 29.8 Å². The van der Waals surface area contributed by atoms with Crippen molar-refractivity contribution in [2.45, 2.75) is 39.3 Å². The van der Waals surface area contributed by atoms with Gasteiger partial charge < -0.3 is 15.0 Å². The second-order valence-electron chi connectivity index (χ2n) is 6.65. The molecule has 20 heavy (non-hydrogen) atoms. The molecule has 1 atom stereocenters. The summed E-state index contributed by atoms with van der Waals surface area (Å²) in [6.07, 6.45) is 2.61. The third kappa shape index (κ3) is 3.97. The van der Waals surface area contributed by atoms with Crippen LogP contribution in [0.2, 0.25) is 0 Å². The summed E-state index contributed by atoms with van der Waals surface area (Å²) >= 11 is 0. The molecule has 2 rings (SSSR count). The predicted molar refractivity (Wildman–Crippen MR) is 84.1 cm³/mol. The van der Waals surface area contributed by atoms with Crippen LogP contribution in [0.1, 0.15) is 32.3 Å². The van der Waals surface area contributed by atoms with Crippen LogP contribution in [-0.2, 0) is 6.54 Å². The number of methoxy groups -OCH3 is 1. The molecule has 1 aromatic carbocycles. The van der Waals surface area contributed by atoms with Gasteiger partial charge in [0.1, 0.15) is 5.75 Å². The molecule has 1 saturated heterocycles. The van der Waals surface area contributed by atoms with Gasteiger partial charge in [0, 0.05) is 19.1 Å². The number of piperidine rings is 1. The van der Waals surface area contributed by atoms with Crippen LogP contribution >= 0.6 is 0 Å². The highest BCUT2D eigenvalue weighted by Crippen LogP contribution is 2.30. The largest absolute Gasteiger partial charge is 0.497 e. The summed E-state index contributed by atoms with van der Waals surface area (Å²) in [6.45, 7) is 7.96. The van der Waals surface area contributed by atoms with Crippen LogP contribution in [0.15, 0.2) is 24.3 Å². The molecule has 0 aliphatic carbocycles. The maximum atomic E-state index is 5.29. The fraction of sp³-hybridized carbons (Fsp3) is 0.647. The first-order chi connectivity index (χ1) is 9.51. The summed E-state index contributed by atoms with van der Waals surface area (Å²) in [4.78, 5) is 2.40. The van der Waals surface area contributed by atoms with E-state index in [0.29, 0.717) is 11.5 Å². The highest BCUT2D eigenvalue weighted by molar-refractivity contribution is 5.28. The van der Waals surface area contributed by atoms with E-state index >= 15 is 0 Å². The Kier molecular flexibility index (Phi) is 5.06. The van der Waals surface area contributed by atoms with E-state index in [1.165, 1.54) is 18.4 Å². The lowest BCUT2D eigenvalue weighted by Gasteiger charge is -2.41. The van der Waals surface area contributed by atoms with Gasteiger partial charge in [-0.25, -0.2) is 0 Å². The molecule has 1 aliphatic rings. The van der Waals surface area contributed by atoms with Gasteiger partial charge >= 0.3 is 0 Å². The molecule has 0 bridgehead atoms. The van der Waals surface area contributed by atoms with Gasteiger partial charge in [-0.05, 0) is 49.5 Å². The van der Waals surface area contributed by atoms with E-state index in [4.69, 9.17) is 4.74 Å². The minimum atomic E-state index is 0.390. The van der Waals surface area contributed by atoms with Crippen LogP contribution in [0, 0.1) is 5.41 Å². The van der Waals surface area contributed by atoms with Crippen molar-refractivity contribution < 1.29 is 4.74 Å². The van der Waals surface area contributed by atoms with E-state index in [1.807, 2.05) is 6.07 Å². The molecule has 1 fully saturated rings. The molecular formula is C17H28N2O. The number of hydrogen-bond acceptors (Lipinski definition) is 3. The van der Waals surface area contributed by atoms with Crippen molar-refractivity contribution in [1.29, 1.82) is 0 Å². The molecule has 3 nitrogen and oxygen atoms in total. The molecule has 0 spiro atoms. The van der Waals surface area contributed by atoms with Gasteiger partial charge in [0.2, 0.25) is 0 Å². The molecule has 1 N–H and O–H groups in total. The average Bonchev–Trinajstić information content (AvgIpc) is 2.41. The number of hydrogen-bond donors (Lipinski definition) is 1. The molecule has 0 saturated carbocycles. The fourth-order valence-corrected chi connectivity index (χ4v) is 3.04. The maximum absolute atomic E-state index is 5.29. The van der Waals surface area contributed by atoms with Gasteiger partial charge in [-0.2, -0.15) is 0 Å². The molecule has 0 aromatic heterocycles. The summed E-state index contributed by atoms with van der Waals surface area (Å²) in [7, 11) is 3.92. The van der Waals surface area contributed by atoms with E-state index in [-0.39, 0.29) is 0 Å². The number of likely N-dealkylation sites (N-methyl/N-ethyl adjacent to an activating group) is 1. The van der Waals surface area contributed by atoms with E-state index in [1.54, 1.807) is 7.11 Å². The van der Waals surface area contributed by atoms with Crippen molar-refractivity contribution in [3.8, 4) is 5.75 Å². The summed E-state index contributed by atoms with van der Waals surface area (Å²) in [5.74, 6) is 0.937. The highest BCUT2D eigenvalue weighted by Gasteiger charge is 2.32. The average molecular weight is 276 g/mol. The molecule has 0 amide bonds. The third-order valence-corrected chi connectivity index (χ3v) is 4.41. The lowest BCUT2D eigenvalue weighted by molar-refractivity contribution is 0.136. The number of nitrogens with zero attached hydrogens (tertiary/aromatic N) is 1. The van der Waals surface area contributed by atoms with Crippen molar-refractivity contribution in [1.82, 2.24) is 10.2 Å². The van der Waals surface area contributed by atoms with Crippen LogP contribution in [0.3, 0.4) is 0 Å². The van der Waals surface area contributed by atoms with Gasteiger partial charge in [0.15, 0.2) is 0 Å². The molecule has 1 heterocycles. The molecule has 0 radical (unpaired) electrons. The molecule has 1 unspecified atom stereocenters. The molecule has 3 heteroatoms. The Hall–Kier alpha value is -1.06. The highest BCUT2D eigenvalue weighted by atomic mass is 16.5. The molecular weight excluding hydrogens is 248 g/mol. The van der Waals surface area contributed by atoms with Gasteiger partial charge in [-0.15, -0.1) is 0 Å². The Balaban J connectivity index is 1.92. The number of rotatable bonds is 5. The fourth-order valence-electron chi connectivity index (χ4n) is 3.04. The zero-order valence-electron chi connectivity index (χ0n) is 13.3. The zero-order chi connectivity index (χ0) is 14.6. The number of nitrogens with one attached hydrogen (secondary N) is 1. The first-order valence-electron chi connectivity index (χ1n) is 7.56. The van der Waals surface area contributed by atoms with Crippen LogP contribution in [0.4, 0.5) is 0 Å². The minimum absolute atomic E-state index is 0.390. The van der Waals surface area contributed by atoms with Crippen molar-refractivity contribution in [2.75, 3.05) is 27.2 Å². The van der Waals surface area contributed by atoms with Crippen LogP contribution in [0.5, 0.6) is 5.75 Å². The van der Waals surface area contributed by atoms with Crippen LogP contribution in [0.25, 0.3) is 0 Å². The first kappa shape index (κ1) is 15.3. The normalized spacial score (nSPS) is 21.9. The summed E-state index contributed by atoms with van der Waals surface area (Å²) in [5, 5.41) is 3.68. The molecule has 112 valence electrons. The van der Waals surface area contributed by atoms with Gasteiger partial charge in [-0.3, -0.25) is 0 Å². The van der Waals surface area contributed by atoms with Crippen molar-refractivity contribution in [2.24, 2.45) is 5.41 Å². The van der Waals surface area contributed by atoms with Gasteiger partial charge in [-0.1, -0.05) is 26.0 Å².